The van der Waals surface area contributed by atoms with E-state index in [4.69, 9.17) is 5.73 Å². The van der Waals surface area contributed by atoms with Gasteiger partial charge in [0.05, 0.1) is 17.6 Å². The number of thiophene rings is 1. The average Bonchev–Trinajstić information content (AvgIpc) is 2.84. The van der Waals surface area contributed by atoms with E-state index in [-0.39, 0.29) is 0 Å². The van der Waals surface area contributed by atoms with Crippen LogP contribution in [0, 0.1) is 13.8 Å². The quantitative estimate of drug-likeness (QED) is 0.715. The molecule has 0 spiro atoms. The smallest absolute Gasteiger partial charge is 0.107 e. The first-order chi connectivity index (χ1) is 8.63. The number of nitrogens with zero attached hydrogens (tertiary/aromatic N) is 2. The van der Waals surface area contributed by atoms with Gasteiger partial charge in [0, 0.05) is 15.4 Å². The molecule has 1 aromatic carbocycles. The number of nitrogens with two attached hydrogens (primary N) is 1. The third-order valence-electron chi connectivity index (χ3n) is 3.07. The second-order valence-electron chi connectivity index (χ2n) is 4.51. The van der Waals surface area contributed by atoms with Crippen LogP contribution in [0.4, 0.5) is 5.69 Å². The Labute approximate surface area is 110 Å². The number of benzene rings is 1. The second kappa shape index (κ2) is 4.14. The first-order valence-corrected chi connectivity index (χ1v) is 6.73. The van der Waals surface area contributed by atoms with E-state index in [2.05, 4.69) is 28.6 Å². The molecule has 0 bridgehead atoms. The molecule has 0 aliphatic rings. The van der Waals surface area contributed by atoms with Gasteiger partial charge in [0.15, 0.2) is 0 Å². The molecule has 0 atom stereocenters. The van der Waals surface area contributed by atoms with Crippen molar-refractivity contribution in [2.75, 3.05) is 5.73 Å². The van der Waals surface area contributed by atoms with Crippen LogP contribution in [0.3, 0.4) is 0 Å². The lowest BCUT2D eigenvalue weighted by molar-refractivity contribution is 0.797. The Bertz CT molecular complexity index is 709. The van der Waals surface area contributed by atoms with E-state index in [1.54, 1.807) is 0 Å². The summed E-state index contributed by atoms with van der Waals surface area (Å²) in [5.41, 5.74) is 8.67. The van der Waals surface area contributed by atoms with Gasteiger partial charge in [0.25, 0.3) is 0 Å². The van der Waals surface area contributed by atoms with E-state index in [9.17, 15) is 0 Å². The van der Waals surface area contributed by atoms with Crippen molar-refractivity contribution < 1.29 is 0 Å². The van der Waals surface area contributed by atoms with Crippen LogP contribution in [0.25, 0.3) is 11.0 Å². The molecule has 18 heavy (non-hydrogen) atoms. The molecule has 2 N–H and O–H groups in total. The lowest BCUT2D eigenvalue weighted by Gasteiger charge is -2.04. The molecule has 92 valence electrons. The van der Waals surface area contributed by atoms with Gasteiger partial charge in [-0.1, -0.05) is 0 Å². The number of imidazole rings is 1. The molecule has 0 fully saturated rings. The van der Waals surface area contributed by atoms with Crippen LogP contribution in [0.5, 0.6) is 0 Å². The Morgan fingerprint density at radius 3 is 2.78 bits per heavy atom. The molecular formula is C14H15N3S. The molecule has 0 saturated heterocycles. The Balaban J connectivity index is 2.08. The minimum Gasteiger partial charge on any atom is -0.399 e. The number of hydrogen-bond donors (Lipinski definition) is 1. The highest BCUT2D eigenvalue weighted by molar-refractivity contribution is 7.11. The third kappa shape index (κ3) is 1.88. The number of anilines is 1. The molecule has 0 radical (unpaired) electrons. The van der Waals surface area contributed by atoms with E-state index in [0.717, 1.165) is 29.1 Å². The maximum Gasteiger partial charge on any atom is 0.107 e. The topological polar surface area (TPSA) is 43.8 Å². The first kappa shape index (κ1) is 11.3. The molecule has 0 saturated carbocycles. The number of hydrogen-bond acceptors (Lipinski definition) is 3. The fraction of sp³-hybridized carbons (Fsp3) is 0.214. The summed E-state index contributed by atoms with van der Waals surface area (Å²) in [6, 6.07) is 10.2. The van der Waals surface area contributed by atoms with Crippen LogP contribution >= 0.6 is 11.3 Å². The maximum absolute atomic E-state index is 5.79. The van der Waals surface area contributed by atoms with Gasteiger partial charge in [0.2, 0.25) is 0 Å². The van der Waals surface area contributed by atoms with Crippen LogP contribution in [-0.2, 0) is 6.54 Å². The van der Waals surface area contributed by atoms with Gasteiger partial charge in [-0.15, -0.1) is 11.3 Å². The van der Waals surface area contributed by atoms with Crippen molar-refractivity contribution in [2.24, 2.45) is 0 Å². The SMILES string of the molecule is Cc1ccc(Cn2c(C)nc3cc(N)ccc32)s1. The summed E-state index contributed by atoms with van der Waals surface area (Å²) in [7, 11) is 0. The standard InChI is InChI=1S/C14H15N3S/c1-9-3-5-12(18-9)8-17-10(2)16-13-7-11(15)4-6-14(13)17/h3-7H,8,15H2,1-2H3. The maximum atomic E-state index is 5.79. The van der Waals surface area contributed by atoms with Gasteiger partial charge >= 0.3 is 0 Å². The number of nitrogen functional groups attached to an aromatic ring is 1. The highest BCUT2D eigenvalue weighted by atomic mass is 32.1. The normalized spacial score (nSPS) is 11.2. The minimum atomic E-state index is 0.763. The van der Waals surface area contributed by atoms with Crippen molar-refractivity contribution in [1.82, 2.24) is 9.55 Å². The van der Waals surface area contributed by atoms with E-state index in [1.807, 2.05) is 36.5 Å². The zero-order valence-corrected chi connectivity index (χ0v) is 11.3. The molecule has 3 aromatic rings. The Hall–Kier alpha value is -1.81. The van der Waals surface area contributed by atoms with E-state index < -0.39 is 0 Å². The average molecular weight is 257 g/mol. The van der Waals surface area contributed by atoms with Crippen LogP contribution in [0.1, 0.15) is 15.6 Å². The first-order valence-electron chi connectivity index (χ1n) is 5.91. The third-order valence-corrected chi connectivity index (χ3v) is 4.06. The Morgan fingerprint density at radius 2 is 2.06 bits per heavy atom. The summed E-state index contributed by atoms with van der Waals surface area (Å²) in [5, 5.41) is 0. The molecule has 0 aliphatic heterocycles. The van der Waals surface area contributed by atoms with Gasteiger partial charge in [-0.2, -0.15) is 0 Å². The Morgan fingerprint density at radius 1 is 1.22 bits per heavy atom. The van der Waals surface area contributed by atoms with E-state index in [0.29, 0.717) is 0 Å². The van der Waals surface area contributed by atoms with Crippen molar-refractivity contribution in [3.63, 3.8) is 0 Å². The van der Waals surface area contributed by atoms with Crippen molar-refractivity contribution in [3.05, 3.63) is 45.9 Å². The van der Waals surface area contributed by atoms with Gasteiger partial charge in [0.1, 0.15) is 5.82 Å². The monoisotopic (exact) mass is 257 g/mol. The fourth-order valence-electron chi connectivity index (χ4n) is 2.19. The summed E-state index contributed by atoms with van der Waals surface area (Å²) in [6.07, 6.45) is 0. The predicted molar refractivity (Wildman–Crippen MR) is 77.0 cm³/mol. The largest absolute Gasteiger partial charge is 0.399 e. The lowest BCUT2D eigenvalue weighted by Crippen LogP contribution is -2.00. The highest BCUT2D eigenvalue weighted by Crippen LogP contribution is 2.22. The van der Waals surface area contributed by atoms with Crippen LogP contribution < -0.4 is 5.73 Å². The number of aromatic nitrogens is 2. The Kier molecular flexibility index (Phi) is 2.59. The van der Waals surface area contributed by atoms with Gasteiger partial charge < -0.3 is 10.3 Å². The van der Waals surface area contributed by atoms with Crippen LogP contribution in [0.15, 0.2) is 30.3 Å². The summed E-state index contributed by atoms with van der Waals surface area (Å²) in [6.45, 7) is 5.05. The number of rotatable bonds is 2. The van der Waals surface area contributed by atoms with Crippen LogP contribution in [-0.4, -0.2) is 9.55 Å². The molecule has 2 aromatic heterocycles. The molecule has 0 unspecified atom stereocenters. The summed E-state index contributed by atoms with van der Waals surface area (Å²) in [4.78, 5) is 7.26. The van der Waals surface area contributed by atoms with Crippen molar-refractivity contribution in [3.8, 4) is 0 Å². The van der Waals surface area contributed by atoms with Crippen molar-refractivity contribution in [2.45, 2.75) is 20.4 Å². The molecular weight excluding hydrogens is 242 g/mol. The summed E-state index contributed by atoms with van der Waals surface area (Å²) in [5.74, 6) is 1.03. The molecule has 2 heterocycles. The molecule has 3 rings (SSSR count). The lowest BCUT2D eigenvalue weighted by atomic mass is 10.3. The molecule has 3 nitrogen and oxygen atoms in total. The van der Waals surface area contributed by atoms with E-state index in [1.165, 1.54) is 9.75 Å². The highest BCUT2D eigenvalue weighted by Gasteiger charge is 2.08. The predicted octanol–water partition coefficient (Wildman–Crippen LogP) is 3.35. The van der Waals surface area contributed by atoms with E-state index >= 15 is 0 Å². The second-order valence-corrected chi connectivity index (χ2v) is 5.88. The van der Waals surface area contributed by atoms with Crippen molar-refractivity contribution >= 4 is 28.1 Å². The fourth-order valence-corrected chi connectivity index (χ4v) is 3.07. The molecule has 4 heteroatoms. The molecule has 0 amide bonds. The zero-order chi connectivity index (χ0) is 12.7. The van der Waals surface area contributed by atoms with Gasteiger partial charge in [-0.05, 0) is 44.2 Å². The van der Waals surface area contributed by atoms with Crippen molar-refractivity contribution in [1.29, 1.82) is 0 Å². The zero-order valence-electron chi connectivity index (χ0n) is 10.5. The van der Waals surface area contributed by atoms with Gasteiger partial charge in [-0.25, -0.2) is 4.98 Å². The molecule has 0 aliphatic carbocycles. The number of aryl methyl sites for hydroxylation is 2. The van der Waals surface area contributed by atoms with Crippen LogP contribution in [0.2, 0.25) is 0 Å². The minimum absolute atomic E-state index is 0.763. The number of fused-ring (bicyclic) bond motifs is 1. The van der Waals surface area contributed by atoms with Gasteiger partial charge in [-0.3, -0.25) is 0 Å². The summed E-state index contributed by atoms with van der Waals surface area (Å²) < 4.78 is 2.24. The summed E-state index contributed by atoms with van der Waals surface area (Å²) >= 11 is 1.83.